The Morgan fingerprint density at radius 1 is 0.634 bits per heavy atom. The molecular formula is C37H34N4. The third-order valence-corrected chi connectivity index (χ3v) is 8.30. The number of hydrogen-bond acceptors (Lipinski definition) is 2. The van der Waals surface area contributed by atoms with Crippen molar-refractivity contribution in [3.63, 3.8) is 0 Å². The first-order chi connectivity index (χ1) is 19.7. The molecule has 0 radical (unpaired) electrons. The number of benzene rings is 2. The van der Waals surface area contributed by atoms with Crippen molar-refractivity contribution in [1.29, 1.82) is 0 Å². The topological polar surface area (TPSA) is 57.4 Å². The molecule has 3 aromatic heterocycles. The number of aromatic nitrogens is 4. The van der Waals surface area contributed by atoms with E-state index in [1.165, 1.54) is 22.3 Å². The zero-order chi connectivity index (χ0) is 28.3. The molecule has 41 heavy (non-hydrogen) atoms. The Kier molecular flexibility index (Phi) is 5.83. The van der Waals surface area contributed by atoms with Gasteiger partial charge in [-0.05, 0) is 91.6 Å². The fourth-order valence-corrected chi connectivity index (χ4v) is 6.45. The third kappa shape index (κ3) is 4.50. The molecule has 0 amide bonds. The van der Waals surface area contributed by atoms with E-state index in [4.69, 9.17) is 9.97 Å². The van der Waals surface area contributed by atoms with E-state index < -0.39 is 0 Å². The molecule has 2 aliphatic heterocycles. The molecule has 5 heterocycles. The number of fused-ring (bicyclic) bond motifs is 8. The van der Waals surface area contributed by atoms with Gasteiger partial charge in [-0.2, -0.15) is 0 Å². The van der Waals surface area contributed by atoms with Crippen LogP contribution >= 0.6 is 0 Å². The maximum Gasteiger partial charge on any atom is 0.0737 e. The Bertz CT molecular complexity index is 2000. The highest BCUT2D eigenvalue weighted by molar-refractivity contribution is 5.94. The van der Waals surface area contributed by atoms with E-state index in [1.807, 2.05) is 0 Å². The fraction of sp³-hybridized carbons (Fsp3) is 0.189. The minimum Gasteiger partial charge on any atom is -0.355 e. The number of H-pyrrole nitrogens is 2. The Balaban J connectivity index is 1.67. The number of hydrogen-bond donors (Lipinski definition) is 2. The van der Waals surface area contributed by atoms with Crippen LogP contribution in [-0.2, 0) is 11.8 Å². The van der Waals surface area contributed by atoms with E-state index in [2.05, 4.69) is 136 Å². The van der Waals surface area contributed by atoms with Gasteiger partial charge in [-0.1, -0.05) is 61.9 Å². The Morgan fingerprint density at radius 2 is 1.27 bits per heavy atom. The van der Waals surface area contributed by atoms with E-state index in [1.54, 1.807) is 0 Å². The van der Waals surface area contributed by atoms with Crippen LogP contribution in [0.5, 0.6) is 0 Å². The minimum atomic E-state index is -0.102. The molecule has 202 valence electrons. The molecule has 0 unspecified atom stereocenters. The highest BCUT2D eigenvalue weighted by Gasteiger charge is 2.31. The largest absolute Gasteiger partial charge is 0.355 e. The van der Waals surface area contributed by atoms with Gasteiger partial charge < -0.3 is 9.97 Å². The highest BCUT2D eigenvalue weighted by Crippen LogP contribution is 2.39. The van der Waals surface area contributed by atoms with Crippen LogP contribution in [0.15, 0.2) is 78.9 Å². The summed E-state index contributed by atoms with van der Waals surface area (Å²) in [6.07, 6.45) is 5.18. The predicted octanol–water partition coefficient (Wildman–Crippen LogP) is 9.26. The summed E-state index contributed by atoms with van der Waals surface area (Å²) in [4.78, 5) is 17.9. The van der Waals surface area contributed by atoms with Gasteiger partial charge >= 0.3 is 0 Å². The molecule has 0 saturated heterocycles. The third-order valence-electron chi connectivity index (χ3n) is 8.30. The van der Waals surface area contributed by atoms with E-state index in [0.717, 1.165) is 68.0 Å². The number of nitrogens with one attached hydrogen (secondary N) is 2. The smallest absolute Gasteiger partial charge is 0.0737 e. The van der Waals surface area contributed by atoms with Crippen LogP contribution in [-0.4, -0.2) is 19.9 Å². The average molecular weight is 535 g/mol. The van der Waals surface area contributed by atoms with Crippen molar-refractivity contribution in [3.05, 3.63) is 118 Å². The van der Waals surface area contributed by atoms with Crippen molar-refractivity contribution in [2.45, 2.75) is 46.5 Å². The second-order valence-corrected chi connectivity index (χ2v) is 12.1. The Labute approximate surface area is 240 Å². The normalized spacial score (nSPS) is 14.0. The molecule has 2 N–H and O–H groups in total. The molecule has 0 atom stereocenters. The van der Waals surface area contributed by atoms with Crippen molar-refractivity contribution in [2.24, 2.45) is 0 Å². The summed E-state index contributed by atoms with van der Waals surface area (Å²) >= 11 is 0. The first-order valence-electron chi connectivity index (χ1n) is 14.3. The lowest BCUT2D eigenvalue weighted by Crippen LogP contribution is -2.15. The fourth-order valence-electron chi connectivity index (χ4n) is 6.45. The first-order valence-corrected chi connectivity index (χ1v) is 14.3. The van der Waals surface area contributed by atoms with E-state index in [9.17, 15) is 0 Å². The maximum absolute atomic E-state index is 5.36. The number of rotatable bonds is 2. The average Bonchev–Trinajstić information content (AvgIpc) is 3.72. The van der Waals surface area contributed by atoms with Crippen LogP contribution in [0, 0.1) is 20.8 Å². The van der Waals surface area contributed by atoms with E-state index >= 15 is 0 Å². The standard InChI is InChI=1S/C37H34N4/c1-22-17-23(2)34(24(3)18-22)36-30-14-13-27(39-30)19-26-11-12-28(38-26)20-33-37(4,5)21-32(41-33)35(25-9-7-6-8-10-25)29-15-16-31(36)40-29/h6-20,38-39H,21H2,1-5H3. The van der Waals surface area contributed by atoms with Crippen molar-refractivity contribution in [2.75, 3.05) is 0 Å². The summed E-state index contributed by atoms with van der Waals surface area (Å²) in [6, 6.07) is 28.0. The second-order valence-electron chi connectivity index (χ2n) is 12.1. The Hall–Kier alpha value is -4.70. The van der Waals surface area contributed by atoms with Crippen LogP contribution in [0.2, 0.25) is 0 Å². The van der Waals surface area contributed by atoms with Crippen LogP contribution in [0.25, 0.3) is 56.5 Å². The van der Waals surface area contributed by atoms with Crippen molar-refractivity contribution >= 4 is 34.2 Å². The van der Waals surface area contributed by atoms with Crippen LogP contribution in [0.3, 0.4) is 0 Å². The van der Waals surface area contributed by atoms with Crippen molar-refractivity contribution < 1.29 is 0 Å². The van der Waals surface area contributed by atoms with Gasteiger partial charge in [-0.3, -0.25) is 4.98 Å². The second kappa shape index (κ2) is 9.45. The zero-order valence-corrected chi connectivity index (χ0v) is 24.3. The van der Waals surface area contributed by atoms with Crippen LogP contribution in [0.1, 0.15) is 53.3 Å². The summed E-state index contributed by atoms with van der Waals surface area (Å²) < 4.78 is 0. The van der Waals surface area contributed by atoms with Crippen molar-refractivity contribution in [1.82, 2.24) is 19.9 Å². The molecule has 0 spiro atoms. The molecular weight excluding hydrogens is 500 g/mol. The highest BCUT2D eigenvalue weighted by atomic mass is 14.8. The predicted molar refractivity (Wildman–Crippen MR) is 172 cm³/mol. The van der Waals surface area contributed by atoms with Gasteiger partial charge in [0.15, 0.2) is 0 Å². The summed E-state index contributed by atoms with van der Waals surface area (Å²) in [5.41, 5.74) is 16.5. The quantitative estimate of drug-likeness (QED) is 0.233. The Morgan fingerprint density at radius 3 is 2.00 bits per heavy atom. The lowest BCUT2D eigenvalue weighted by atomic mass is 9.85. The lowest BCUT2D eigenvalue weighted by molar-refractivity contribution is 0.544. The molecule has 0 fully saturated rings. The maximum atomic E-state index is 5.36. The molecule has 0 saturated carbocycles. The number of aromatic amines is 2. The minimum absolute atomic E-state index is 0.102. The summed E-state index contributed by atoms with van der Waals surface area (Å²) in [6.45, 7) is 11.1. The lowest BCUT2D eigenvalue weighted by Gasteiger charge is -2.16. The number of aryl methyl sites for hydroxylation is 3. The summed E-state index contributed by atoms with van der Waals surface area (Å²) in [7, 11) is 0. The van der Waals surface area contributed by atoms with Gasteiger partial charge in [0.2, 0.25) is 0 Å². The van der Waals surface area contributed by atoms with Gasteiger partial charge in [-0.25, -0.2) is 4.98 Å². The molecule has 2 aromatic carbocycles. The molecule has 2 aliphatic rings. The molecule has 7 rings (SSSR count). The molecule has 5 aromatic rings. The van der Waals surface area contributed by atoms with Gasteiger partial charge in [0.1, 0.15) is 0 Å². The zero-order valence-electron chi connectivity index (χ0n) is 24.3. The van der Waals surface area contributed by atoms with Gasteiger partial charge in [0.25, 0.3) is 0 Å². The number of nitrogens with zero attached hydrogens (tertiary/aromatic N) is 2. The summed E-state index contributed by atoms with van der Waals surface area (Å²) in [5, 5.41) is 0. The van der Waals surface area contributed by atoms with Crippen LogP contribution in [0.4, 0.5) is 0 Å². The van der Waals surface area contributed by atoms with Crippen LogP contribution < -0.4 is 0 Å². The van der Waals surface area contributed by atoms with Gasteiger partial charge in [0, 0.05) is 50.7 Å². The first kappa shape index (κ1) is 25.3. The molecule has 0 aliphatic carbocycles. The van der Waals surface area contributed by atoms with Crippen molar-refractivity contribution in [3.8, 4) is 22.3 Å². The molecule has 4 nitrogen and oxygen atoms in total. The summed E-state index contributed by atoms with van der Waals surface area (Å²) in [5.74, 6) is 0. The van der Waals surface area contributed by atoms with E-state index in [0.29, 0.717) is 0 Å². The SMILES string of the molecule is Cc1cc(C)c(-c2c3nc(c(-c4ccccc4)c4nc(cc5ccc(cc6ccc2[nH]6)[nH]5)C(C)(C)C4)C=C3)c(C)c1. The molecule has 8 bridgehead atoms. The van der Waals surface area contributed by atoms with Gasteiger partial charge in [0.05, 0.1) is 17.1 Å². The van der Waals surface area contributed by atoms with Gasteiger partial charge in [-0.15, -0.1) is 0 Å². The van der Waals surface area contributed by atoms with E-state index in [-0.39, 0.29) is 5.41 Å². The monoisotopic (exact) mass is 534 g/mol. The molecule has 4 heteroatoms.